The minimum atomic E-state index is -1.88. The van der Waals surface area contributed by atoms with E-state index < -0.39 is 32.9 Å². The molecular weight excluding hydrogens is 493 g/mol. The fourth-order valence-electron chi connectivity index (χ4n) is 4.62. The lowest BCUT2D eigenvalue weighted by atomic mass is 10.2. The molecule has 34 heavy (non-hydrogen) atoms. The number of hydrogen-bond donors (Lipinski definition) is 0. The summed E-state index contributed by atoms with van der Waals surface area (Å²) in [6, 6.07) is 0. The van der Waals surface area contributed by atoms with Gasteiger partial charge in [-0.25, -0.2) is 0 Å². The minimum Gasteiger partial charge on any atom is -0.328 e. The normalized spacial score (nSPS) is 16.2. The smallest absolute Gasteiger partial charge is 0.122 e. The van der Waals surface area contributed by atoms with E-state index in [9.17, 15) is 0 Å². The average Bonchev–Trinajstić information content (AvgIpc) is 2.48. The highest BCUT2D eigenvalue weighted by molar-refractivity contribution is 6.95. The number of rotatable bonds is 7. The number of nitrogens with zero attached hydrogens (tertiary/aromatic N) is 2. The molecule has 0 aromatic rings. The van der Waals surface area contributed by atoms with Crippen molar-refractivity contribution in [2.24, 2.45) is 0 Å². The molecule has 0 aromatic carbocycles. The Morgan fingerprint density at radius 2 is 0.647 bits per heavy atom. The van der Waals surface area contributed by atoms with Crippen molar-refractivity contribution in [1.82, 2.24) is 8.46 Å². The SMILES string of the molecule is C=C([SiH3])C(N([Si](C)(C)C(C)(C)C)[Si](C)(C)C(C)(C)C)N([Si](C)(C)C(C)(C)C)[Si](C)(C)C(C)(C)C. The Morgan fingerprint density at radius 3 is 0.735 bits per heavy atom. The predicted octanol–water partition coefficient (Wildman–Crippen LogP) is 8.82. The zero-order chi connectivity index (χ0) is 28.3. The second-order valence-corrected chi connectivity index (χ2v) is 39.8. The zero-order valence-corrected chi connectivity index (χ0v) is 33.7. The Kier molecular flexibility index (Phi) is 10.0. The van der Waals surface area contributed by atoms with Crippen LogP contribution in [-0.2, 0) is 0 Å². The monoisotopic (exact) mass is 558 g/mol. The molecule has 7 heteroatoms. The van der Waals surface area contributed by atoms with Crippen molar-refractivity contribution < 1.29 is 0 Å². The second kappa shape index (κ2) is 9.81. The van der Waals surface area contributed by atoms with Crippen LogP contribution in [0.5, 0.6) is 0 Å². The van der Waals surface area contributed by atoms with Crippen LogP contribution in [-0.4, -0.2) is 57.8 Å². The maximum Gasteiger partial charge on any atom is 0.122 e. The Labute approximate surface area is 224 Å². The van der Waals surface area contributed by atoms with Crippen LogP contribution in [0.4, 0.5) is 0 Å². The molecule has 0 saturated heterocycles. The third-order valence-corrected chi connectivity index (χ3v) is 38.4. The predicted molar refractivity (Wildman–Crippen MR) is 175 cm³/mol. The van der Waals surface area contributed by atoms with Crippen molar-refractivity contribution in [3.63, 3.8) is 0 Å². The van der Waals surface area contributed by atoms with Crippen LogP contribution in [0.2, 0.25) is 72.5 Å². The van der Waals surface area contributed by atoms with E-state index in [1.165, 1.54) is 5.20 Å². The van der Waals surface area contributed by atoms with Gasteiger partial charge in [-0.3, -0.25) is 0 Å². The molecule has 0 aromatic heterocycles. The van der Waals surface area contributed by atoms with Crippen molar-refractivity contribution >= 4 is 43.2 Å². The summed E-state index contributed by atoms with van der Waals surface area (Å²) in [7, 11) is -6.50. The molecule has 0 radical (unpaired) electrons. The van der Waals surface area contributed by atoms with E-state index in [4.69, 9.17) is 6.58 Å². The Balaban J connectivity index is 7.93. The van der Waals surface area contributed by atoms with Gasteiger partial charge >= 0.3 is 0 Å². The van der Waals surface area contributed by atoms with Crippen LogP contribution in [0.25, 0.3) is 0 Å². The molecule has 0 heterocycles. The molecule has 0 aliphatic heterocycles. The Morgan fingerprint density at radius 1 is 0.500 bits per heavy atom. The van der Waals surface area contributed by atoms with Crippen LogP contribution in [0.1, 0.15) is 83.1 Å². The molecule has 0 spiro atoms. The summed E-state index contributed by atoms with van der Waals surface area (Å²) in [6.07, 6.45) is 0.371. The van der Waals surface area contributed by atoms with Crippen LogP contribution in [0.3, 0.4) is 0 Å². The largest absolute Gasteiger partial charge is 0.328 e. The van der Waals surface area contributed by atoms with E-state index in [0.717, 1.165) is 10.2 Å². The molecule has 0 amide bonds. The topological polar surface area (TPSA) is 6.48 Å². The van der Waals surface area contributed by atoms with Gasteiger partial charge in [-0.1, -0.05) is 141 Å². The van der Waals surface area contributed by atoms with Gasteiger partial charge in [-0.15, -0.1) is 6.58 Å². The first-order chi connectivity index (χ1) is 14.3. The van der Waals surface area contributed by atoms with Crippen LogP contribution < -0.4 is 0 Å². The molecule has 0 aliphatic carbocycles. The fraction of sp³-hybridized carbons (Fsp3) is 0.926. The van der Waals surface area contributed by atoms with Crippen molar-refractivity contribution in [2.75, 3.05) is 0 Å². The van der Waals surface area contributed by atoms with Gasteiger partial charge in [-0.05, 0) is 20.2 Å². The molecule has 2 nitrogen and oxygen atoms in total. The van der Waals surface area contributed by atoms with Gasteiger partial charge in [0.1, 0.15) is 32.9 Å². The first kappa shape index (κ1) is 34.7. The first-order valence-corrected chi connectivity index (χ1v) is 26.3. The average molecular weight is 559 g/mol. The van der Waals surface area contributed by atoms with Gasteiger partial charge in [0.2, 0.25) is 0 Å². The summed E-state index contributed by atoms with van der Waals surface area (Å²) in [6.45, 7) is 56.3. The lowest BCUT2D eigenvalue weighted by Crippen LogP contribution is -2.81. The standard InChI is InChI=1S/C27H66N2Si5/c1-22(30)23(28(31(14,15)24(2,3)4)32(16,17)25(5,6)7)29(33(18,19)26(8,9)10)34(20,21)27(11,12)13/h23H,1H2,2-21,30H3. The first-order valence-electron chi connectivity index (χ1n) is 13.6. The maximum absolute atomic E-state index is 4.85. The van der Waals surface area contributed by atoms with Gasteiger partial charge < -0.3 is 8.46 Å². The van der Waals surface area contributed by atoms with Gasteiger partial charge in [0.25, 0.3) is 0 Å². The van der Waals surface area contributed by atoms with Gasteiger partial charge in [0, 0.05) is 10.2 Å². The lowest BCUT2D eigenvalue weighted by Gasteiger charge is -2.68. The van der Waals surface area contributed by atoms with Crippen LogP contribution in [0, 0.1) is 0 Å². The van der Waals surface area contributed by atoms with Crippen LogP contribution >= 0.6 is 0 Å². The van der Waals surface area contributed by atoms with Crippen LogP contribution in [0.15, 0.2) is 11.8 Å². The highest BCUT2D eigenvalue weighted by Gasteiger charge is 2.61. The molecule has 0 unspecified atom stereocenters. The van der Waals surface area contributed by atoms with E-state index in [1.54, 1.807) is 0 Å². The molecule has 0 saturated carbocycles. The van der Waals surface area contributed by atoms with Crippen molar-refractivity contribution in [1.29, 1.82) is 0 Å². The summed E-state index contributed by atoms with van der Waals surface area (Å²) in [5, 5.41) is 2.62. The van der Waals surface area contributed by atoms with E-state index in [0.29, 0.717) is 6.17 Å². The quantitative estimate of drug-likeness (QED) is 0.227. The molecule has 0 fully saturated rings. The molecular formula is C27H66N2Si5. The summed E-state index contributed by atoms with van der Waals surface area (Å²) >= 11 is 0. The van der Waals surface area contributed by atoms with Crippen molar-refractivity contribution in [3.8, 4) is 0 Å². The maximum atomic E-state index is 4.85. The highest BCUT2D eigenvalue weighted by atomic mass is 28.4. The van der Waals surface area contributed by atoms with E-state index in [2.05, 4.69) is 144 Å². The molecule has 204 valence electrons. The molecule has 0 aliphatic rings. The van der Waals surface area contributed by atoms with E-state index in [-0.39, 0.29) is 20.2 Å². The molecule has 0 bridgehead atoms. The fourth-order valence-corrected chi connectivity index (χ4v) is 28.5. The molecule has 0 rings (SSSR count). The summed E-state index contributed by atoms with van der Waals surface area (Å²) in [4.78, 5) is 0. The Hall–Kier alpha value is 0.744. The summed E-state index contributed by atoms with van der Waals surface area (Å²) < 4.78 is 6.44. The zero-order valence-electron chi connectivity index (χ0n) is 27.7. The molecule has 0 N–H and O–H groups in total. The lowest BCUT2D eigenvalue weighted by molar-refractivity contribution is 0.317. The Bertz CT molecular complexity index is 618. The van der Waals surface area contributed by atoms with Gasteiger partial charge in [0.15, 0.2) is 0 Å². The minimum absolute atomic E-state index is 0.282. The molecule has 0 atom stereocenters. The van der Waals surface area contributed by atoms with Gasteiger partial charge in [0.05, 0.1) is 6.17 Å². The van der Waals surface area contributed by atoms with Crippen molar-refractivity contribution in [3.05, 3.63) is 11.8 Å². The third-order valence-electron chi connectivity index (χ3n) is 10.7. The summed E-state index contributed by atoms with van der Waals surface area (Å²) in [5.41, 5.74) is 0. The second-order valence-electron chi connectivity index (χ2n) is 17.2. The summed E-state index contributed by atoms with van der Waals surface area (Å²) in [5.74, 6) is 0. The third kappa shape index (κ3) is 6.24. The van der Waals surface area contributed by atoms with Crippen molar-refractivity contribution in [2.45, 2.75) is 162 Å². The highest BCUT2D eigenvalue weighted by Crippen LogP contribution is 2.54. The van der Waals surface area contributed by atoms with E-state index >= 15 is 0 Å². The van der Waals surface area contributed by atoms with E-state index in [1.807, 2.05) is 0 Å². The number of hydrogen-bond acceptors (Lipinski definition) is 2. The van der Waals surface area contributed by atoms with Gasteiger partial charge in [-0.2, -0.15) is 0 Å².